The quantitative estimate of drug-likeness (QED) is 0.786. The highest BCUT2D eigenvalue weighted by Crippen LogP contribution is 2.16. The minimum atomic E-state index is -0.815. The summed E-state index contributed by atoms with van der Waals surface area (Å²) in [4.78, 5) is 18.9. The molecule has 0 unspecified atom stereocenters. The number of rotatable bonds is 4. The molecule has 1 heterocycles. The zero-order valence-electron chi connectivity index (χ0n) is 12.6. The Morgan fingerprint density at radius 2 is 2.08 bits per heavy atom. The Labute approximate surface area is 142 Å². The molecule has 2 aromatic carbocycles. The predicted octanol–water partition coefficient (Wildman–Crippen LogP) is 2.41. The van der Waals surface area contributed by atoms with Crippen LogP contribution in [-0.2, 0) is 4.79 Å². The maximum atomic E-state index is 12.2. The maximum Gasteiger partial charge on any atom is 0.267 e. The van der Waals surface area contributed by atoms with Crippen molar-refractivity contribution >= 4 is 34.2 Å². The van der Waals surface area contributed by atoms with Crippen LogP contribution < -0.4 is 10.2 Å². The number of carbonyl (C=O) groups is 1. The molecule has 3 rings (SSSR count). The number of nitriles is 1. The second-order valence-corrected chi connectivity index (χ2v) is 5.46. The summed E-state index contributed by atoms with van der Waals surface area (Å²) in [6.45, 7) is 1.59. The van der Waals surface area contributed by atoms with Gasteiger partial charge in [0.1, 0.15) is 11.0 Å². The number of halogens is 1. The van der Waals surface area contributed by atoms with Crippen molar-refractivity contribution in [2.75, 3.05) is 5.32 Å². The minimum Gasteiger partial charge on any atom is -0.382 e. The second-order valence-electron chi connectivity index (χ2n) is 5.02. The fraction of sp³-hybridized carbons (Fsp3) is 0.125. The Morgan fingerprint density at radius 1 is 1.33 bits per heavy atom. The molecule has 0 fully saturated rings. The number of hydrogen-bond acceptors (Lipinski definition) is 5. The molecule has 120 valence electrons. The van der Waals surface area contributed by atoms with Crippen molar-refractivity contribution in [3.63, 3.8) is 0 Å². The van der Waals surface area contributed by atoms with Crippen LogP contribution in [0, 0.1) is 11.3 Å². The number of aromatic nitrogens is 3. The Morgan fingerprint density at radius 3 is 2.79 bits per heavy atom. The van der Waals surface area contributed by atoms with Crippen molar-refractivity contribution in [3.05, 3.63) is 53.1 Å². The molecule has 1 N–H and O–H groups in total. The molecule has 1 amide bonds. The average Bonchev–Trinajstić information content (AvgIpc) is 2.97. The van der Waals surface area contributed by atoms with E-state index in [9.17, 15) is 4.79 Å². The number of carbonyl (C=O) groups excluding carboxylic acids is 1. The van der Waals surface area contributed by atoms with Crippen LogP contribution in [0.2, 0.25) is 5.02 Å². The minimum absolute atomic E-state index is 0.356. The Kier molecular flexibility index (Phi) is 4.31. The van der Waals surface area contributed by atoms with Crippen molar-refractivity contribution in [1.29, 1.82) is 5.26 Å². The van der Waals surface area contributed by atoms with Gasteiger partial charge in [-0.25, -0.2) is 0 Å². The lowest BCUT2D eigenvalue weighted by Crippen LogP contribution is -2.35. The van der Waals surface area contributed by atoms with Gasteiger partial charge in [0.25, 0.3) is 5.91 Å². The number of benzene rings is 2. The van der Waals surface area contributed by atoms with E-state index in [4.69, 9.17) is 21.7 Å². The molecule has 24 heavy (non-hydrogen) atoms. The number of amides is 1. The first-order chi connectivity index (χ1) is 11.6. The molecule has 1 aromatic heterocycles. The topological polar surface area (TPSA) is 92.8 Å². The largest absolute Gasteiger partial charge is 0.382 e. The van der Waals surface area contributed by atoms with Crippen LogP contribution in [0.5, 0.6) is 0 Å². The lowest BCUT2D eigenvalue weighted by molar-refractivity contribution is -0.127. The third kappa shape index (κ3) is 3.29. The summed E-state index contributed by atoms with van der Waals surface area (Å²) in [5.41, 5.74) is 2.27. The van der Waals surface area contributed by atoms with Gasteiger partial charge in [-0.05, 0) is 54.6 Å². The van der Waals surface area contributed by atoms with Gasteiger partial charge in [0.15, 0.2) is 0 Å². The normalized spacial score (nSPS) is 11.7. The van der Waals surface area contributed by atoms with Crippen LogP contribution in [0.3, 0.4) is 0 Å². The first-order valence-corrected chi connectivity index (χ1v) is 7.44. The molecule has 8 heteroatoms. The van der Waals surface area contributed by atoms with Gasteiger partial charge in [0, 0.05) is 10.7 Å². The molecule has 0 radical (unpaired) electrons. The summed E-state index contributed by atoms with van der Waals surface area (Å²) >= 11 is 5.95. The van der Waals surface area contributed by atoms with E-state index in [-0.39, 0.29) is 5.91 Å². The molecule has 7 nitrogen and oxygen atoms in total. The summed E-state index contributed by atoms with van der Waals surface area (Å²) < 4.78 is 0. The van der Waals surface area contributed by atoms with E-state index in [2.05, 4.69) is 15.6 Å². The molecular formula is C16H12ClN5O2. The number of nitrogens with zero attached hydrogens (tertiary/aromatic N) is 4. The van der Waals surface area contributed by atoms with Crippen molar-refractivity contribution in [1.82, 2.24) is 15.2 Å². The van der Waals surface area contributed by atoms with E-state index in [1.165, 1.54) is 4.85 Å². The lowest BCUT2D eigenvalue weighted by Gasteiger charge is -2.13. The summed E-state index contributed by atoms with van der Waals surface area (Å²) in [5, 5.41) is 19.8. The van der Waals surface area contributed by atoms with Crippen LogP contribution in [0.15, 0.2) is 42.5 Å². The molecule has 0 saturated carbocycles. The summed E-state index contributed by atoms with van der Waals surface area (Å²) in [5.74, 6) is -0.356. The third-order valence-electron chi connectivity index (χ3n) is 3.29. The summed E-state index contributed by atoms with van der Waals surface area (Å²) in [7, 11) is 0. The van der Waals surface area contributed by atoms with E-state index in [1.54, 1.807) is 49.4 Å². The standard InChI is InChI=1S/C16H12ClN5O2/c1-10(16(23)19-13-5-2-11(9-18)3-6-13)24-22-15-8-12(17)4-7-14(15)20-21-22/h2-8,10H,1H3,(H,19,23)/t10-/m0/s1. The zero-order chi connectivity index (χ0) is 17.1. The van der Waals surface area contributed by atoms with Crippen LogP contribution >= 0.6 is 11.6 Å². The molecule has 0 aliphatic carbocycles. The Bertz CT molecular complexity index is 930. The van der Waals surface area contributed by atoms with E-state index >= 15 is 0 Å². The molecular weight excluding hydrogens is 330 g/mol. The van der Waals surface area contributed by atoms with Crippen molar-refractivity contribution in [2.45, 2.75) is 13.0 Å². The van der Waals surface area contributed by atoms with Crippen molar-refractivity contribution < 1.29 is 9.63 Å². The van der Waals surface area contributed by atoms with Gasteiger partial charge >= 0.3 is 0 Å². The number of fused-ring (bicyclic) bond motifs is 1. The van der Waals surface area contributed by atoms with Gasteiger partial charge in [0.05, 0.1) is 11.6 Å². The predicted molar refractivity (Wildman–Crippen MR) is 88.4 cm³/mol. The molecule has 3 aromatic rings. The molecule has 0 bridgehead atoms. The van der Waals surface area contributed by atoms with E-state index in [1.807, 2.05) is 6.07 Å². The highest BCUT2D eigenvalue weighted by atomic mass is 35.5. The molecule has 0 aliphatic heterocycles. The molecule has 1 atom stereocenters. The molecule has 0 spiro atoms. The first kappa shape index (κ1) is 15.8. The summed E-state index contributed by atoms with van der Waals surface area (Å²) in [6, 6.07) is 13.6. The smallest absolute Gasteiger partial charge is 0.267 e. The number of anilines is 1. The summed E-state index contributed by atoms with van der Waals surface area (Å²) in [6.07, 6.45) is -0.815. The average molecular weight is 342 g/mol. The highest BCUT2D eigenvalue weighted by Gasteiger charge is 2.17. The van der Waals surface area contributed by atoms with E-state index in [0.717, 1.165) is 0 Å². The fourth-order valence-corrected chi connectivity index (χ4v) is 2.19. The van der Waals surface area contributed by atoms with Gasteiger partial charge < -0.3 is 10.2 Å². The van der Waals surface area contributed by atoms with E-state index < -0.39 is 6.10 Å². The second kappa shape index (κ2) is 6.56. The van der Waals surface area contributed by atoms with Crippen LogP contribution in [0.1, 0.15) is 12.5 Å². The van der Waals surface area contributed by atoms with Crippen molar-refractivity contribution in [3.8, 4) is 6.07 Å². The van der Waals surface area contributed by atoms with Crippen molar-refractivity contribution in [2.24, 2.45) is 0 Å². The first-order valence-electron chi connectivity index (χ1n) is 7.06. The van der Waals surface area contributed by atoms with Crippen LogP contribution in [-0.4, -0.2) is 27.2 Å². The van der Waals surface area contributed by atoms with Gasteiger partial charge in [-0.3, -0.25) is 4.79 Å². The SMILES string of the molecule is C[C@H](On1nnc2ccc(Cl)cc21)C(=O)Nc1ccc(C#N)cc1. The number of hydrogen-bond donors (Lipinski definition) is 1. The van der Waals surface area contributed by atoms with Gasteiger partial charge in [-0.15, -0.1) is 5.10 Å². The monoisotopic (exact) mass is 341 g/mol. The number of nitrogens with one attached hydrogen (secondary N) is 1. The van der Waals surface area contributed by atoms with Gasteiger partial charge in [-0.2, -0.15) is 5.26 Å². The highest BCUT2D eigenvalue weighted by molar-refractivity contribution is 6.31. The molecule has 0 saturated heterocycles. The molecule has 0 aliphatic rings. The van der Waals surface area contributed by atoms with Crippen LogP contribution in [0.25, 0.3) is 11.0 Å². The van der Waals surface area contributed by atoms with Gasteiger partial charge in [-0.1, -0.05) is 16.4 Å². The zero-order valence-corrected chi connectivity index (χ0v) is 13.4. The maximum absolute atomic E-state index is 12.2. The Hall–Kier alpha value is -3.11. The van der Waals surface area contributed by atoms with Gasteiger partial charge in [0.2, 0.25) is 6.10 Å². The fourth-order valence-electron chi connectivity index (χ4n) is 2.02. The van der Waals surface area contributed by atoms with E-state index in [0.29, 0.717) is 27.3 Å². The van der Waals surface area contributed by atoms with Crippen LogP contribution in [0.4, 0.5) is 5.69 Å². The lowest BCUT2D eigenvalue weighted by atomic mass is 10.2. The third-order valence-corrected chi connectivity index (χ3v) is 3.52. The Balaban J connectivity index is 1.71.